The number of aromatic nitrogens is 2. The quantitative estimate of drug-likeness (QED) is 0.279. The van der Waals surface area contributed by atoms with E-state index in [0.717, 1.165) is 22.4 Å². The van der Waals surface area contributed by atoms with E-state index in [0.29, 0.717) is 39.8 Å². The minimum absolute atomic E-state index is 0.284. The van der Waals surface area contributed by atoms with Gasteiger partial charge in [-0.15, -0.1) is 0 Å². The summed E-state index contributed by atoms with van der Waals surface area (Å²) in [5.74, 6) is 0.954. The number of amides is 2. The van der Waals surface area contributed by atoms with Crippen LogP contribution >= 0.6 is 0 Å². The van der Waals surface area contributed by atoms with Crippen LogP contribution < -0.4 is 25.4 Å². The third-order valence-corrected chi connectivity index (χ3v) is 6.90. The minimum Gasteiger partial charge on any atom is -0.493 e. The van der Waals surface area contributed by atoms with Crippen molar-refractivity contribution in [3.63, 3.8) is 0 Å². The van der Waals surface area contributed by atoms with Crippen LogP contribution in [0.4, 0.5) is 17.2 Å². The van der Waals surface area contributed by atoms with E-state index in [-0.39, 0.29) is 11.8 Å². The fourth-order valence-corrected chi connectivity index (χ4v) is 4.91. The van der Waals surface area contributed by atoms with Gasteiger partial charge in [0.25, 0.3) is 11.8 Å². The molecule has 0 saturated heterocycles. The zero-order valence-corrected chi connectivity index (χ0v) is 23.0. The number of rotatable bonds is 7. The molecule has 1 aromatic heterocycles. The van der Waals surface area contributed by atoms with Crippen LogP contribution in [0.2, 0.25) is 0 Å². The molecule has 1 aliphatic rings. The lowest BCUT2D eigenvalue weighted by molar-refractivity contribution is -0.113. The van der Waals surface area contributed by atoms with Crippen LogP contribution in [0.1, 0.15) is 40.0 Å². The largest absolute Gasteiger partial charge is 0.493 e. The lowest BCUT2D eigenvalue weighted by Crippen LogP contribution is -2.32. The van der Waals surface area contributed by atoms with Gasteiger partial charge < -0.3 is 25.4 Å². The third-order valence-electron chi connectivity index (χ3n) is 6.90. The molecule has 0 aliphatic carbocycles. The van der Waals surface area contributed by atoms with Crippen molar-refractivity contribution < 1.29 is 19.1 Å². The van der Waals surface area contributed by atoms with Crippen LogP contribution in [-0.4, -0.2) is 35.8 Å². The predicted octanol–water partition coefficient (Wildman–Crippen LogP) is 5.70. The Morgan fingerprint density at radius 3 is 2.33 bits per heavy atom. The maximum Gasteiger partial charge on any atom is 0.261 e. The first-order valence-corrected chi connectivity index (χ1v) is 12.8. The summed E-state index contributed by atoms with van der Waals surface area (Å²) in [5.41, 5.74) is 5.60. The average molecular weight is 538 g/mol. The van der Waals surface area contributed by atoms with Crippen LogP contribution in [0.15, 0.2) is 84.2 Å². The summed E-state index contributed by atoms with van der Waals surface area (Å²) in [6, 6.07) is 19.9. The molecular formula is C31H31N5O4. The Bertz CT molecular complexity index is 1620. The number of methoxy groups -OCH3 is 2. The van der Waals surface area contributed by atoms with E-state index in [1.165, 1.54) is 6.20 Å². The molecule has 40 heavy (non-hydrogen) atoms. The lowest BCUT2D eigenvalue weighted by Gasteiger charge is -2.30. The van der Waals surface area contributed by atoms with E-state index >= 15 is 0 Å². The molecular weight excluding hydrogens is 506 g/mol. The second-order valence-corrected chi connectivity index (χ2v) is 9.62. The Morgan fingerprint density at radius 1 is 0.875 bits per heavy atom. The molecule has 2 heterocycles. The zero-order chi connectivity index (χ0) is 28.4. The van der Waals surface area contributed by atoms with Gasteiger partial charge in [-0.25, -0.2) is 4.68 Å². The van der Waals surface area contributed by atoms with E-state index in [4.69, 9.17) is 9.47 Å². The van der Waals surface area contributed by atoms with E-state index in [2.05, 4.69) is 21.0 Å². The molecule has 0 saturated carbocycles. The van der Waals surface area contributed by atoms with Crippen molar-refractivity contribution in [3.05, 3.63) is 106 Å². The van der Waals surface area contributed by atoms with Crippen LogP contribution in [-0.2, 0) is 4.79 Å². The molecule has 3 N–H and O–H groups in total. The number of anilines is 3. The predicted molar refractivity (Wildman–Crippen MR) is 155 cm³/mol. The van der Waals surface area contributed by atoms with Gasteiger partial charge in [0, 0.05) is 17.1 Å². The zero-order valence-electron chi connectivity index (χ0n) is 23.0. The maximum atomic E-state index is 13.9. The van der Waals surface area contributed by atoms with Crippen molar-refractivity contribution >= 4 is 29.0 Å². The second kappa shape index (κ2) is 11.0. The molecule has 3 aromatic carbocycles. The highest BCUT2D eigenvalue weighted by Gasteiger charge is 2.36. The van der Waals surface area contributed by atoms with Crippen LogP contribution in [0.25, 0.3) is 0 Å². The number of nitrogens with zero attached hydrogens (tertiary/aromatic N) is 2. The molecule has 1 aliphatic heterocycles. The van der Waals surface area contributed by atoms with Gasteiger partial charge in [-0.3, -0.25) is 9.59 Å². The van der Waals surface area contributed by atoms with E-state index in [1.54, 1.807) is 25.0 Å². The number of ether oxygens (including phenoxy) is 2. The van der Waals surface area contributed by atoms with Crippen molar-refractivity contribution in [2.45, 2.75) is 26.8 Å². The highest BCUT2D eigenvalue weighted by atomic mass is 16.5. The van der Waals surface area contributed by atoms with E-state index in [9.17, 15) is 9.59 Å². The smallest absolute Gasteiger partial charge is 0.261 e. The number of carbonyl (C=O) groups is 2. The van der Waals surface area contributed by atoms with Crippen LogP contribution in [0, 0.1) is 13.8 Å². The fourth-order valence-electron chi connectivity index (χ4n) is 4.91. The first-order valence-electron chi connectivity index (χ1n) is 12.8. The number of hydrogen-bond acceptors (Lipinski definition) is 6. The molecule has 2 amide bonds. The van der Waals surface area contributed by atoms with Crippen molar-refractivity contribution in [1.29, 1.82) is 0 Å². The normalized spacial score (nSPS) is 14.2. The Hall–Kier alpha value is -5.05. The maximum absolute atomic E-state index is 13.9. The first-order chi connectivity index (χ1) is 19.3. The highest BCUT2D eigenvalue weighted by molar-refractivity contribution is 6.09. The molecule has 1 atom stereocenters. The molecule has 5 rings (SSSR count). The first kappa shape index (κ1) is 26.6. The summed E-state index contributed by atoms with van der Waals surface area (Å²) in [6.45, 7) is 5.78. The minimum atomic E-state index is -0.653. The van der Waals surface area contributed by atoms with Crippen molar-refractivity contribution in [2.75, 3.05) is 30.2 Å². The van der Waals surface area contributed by atoms with Gasteiger partial charge >= 0.3 is 0 Å². The van der Waals surface area contributed by atoms with Gasteiger partial charge in [0.15, 0.2) is 11.5 Å². The SMILES string of the molecule is COc1ccc([C@H]2C(C(=O)Nc3ccc(C)cc3C)=C(C)Nc3c(C(=O)Nc4ccccc4)cnn32)cc1OC. The van der Waals surface area contributed by atoms with Gasteiger partial charge in [0.2, 0.25) is 0 Å². The number of hydrogen-bond donors (Lipinski definition) is 3. The van der Waals surface area contributed by atoms with Crippen molar-refractivity contribution in [1.82, 2.24) is 9.78 Å². The summed E-state index contributed by atoms with van der Waals surface area (Å²) >= 11 is 0. The third kappa shape index (κ3) is 5.01. The Morgan fingerprint density at radius 2 is 1.62 bits per heavy atom. The summed E-state index contributed by atoms with van der Waals surface area (Å²) in [7, 11) is 3.13. The highest BCUT2D eigenvalue weighted by Crippen LogP contribution is 2.40. The summed E-state index contributed by atoms with van der Waals surface area (Å²) < 4.78 is 12.7. The summed E-state index contributed by atoms with van der Waals surface area (Å²) in [6.07, 6.45) is 1.51. The van der Waals surface area contributed by atoms with Gasteiger partial charge in [0.1, 0.15) is 17.4 Å². The van der Waals surface area contributed by atoms with Gasteiger partial charge in [0.05, 0.1) is 26.0 Å². The van der Waals surface area contributed by atoms with Gasteiger partial charge in [-0.2, -0.15) is 5.10 Å². The number of carbonyl (C=O) groups excluding carboxylic acids is 2. The van der Waals surface area contributed by atoms with Crippen molar-refractivity contribution in [2.24, 2.45) is 0 Å². The number of para-hydroxylation sites is 1. The number of fused-ring (bicyclic) bond motifs is 1. The molecule has 0 fully saturated rings. The average Bonchev–Trinajstić information content (AvgIpc) is 3.37. The number of allylic oxidation sites excluding steroid dienone is 1. The van der Waals surface area contributed by atoms with Crippen molar-refractivity contribution in [3.8, 4) is 11.5 Å². The topological polar surface area (TPSA) is 107 Å². The monoisotopic (exact) mass is 537 g/mol. The molecule has 9 nitrogen and oxygen atoms in total. The van der Waals surface area contributed by atoms with Gasteiger partial charge in [-0.1, -0.05) is 42.0 Å². The Kier molecular flexibility index (Phi) is 7.29. The second-order valence-electron chi connectivity index (χ2n) is 9.62. The standard InChI is InChI=1S/C31H31N5O4/c1-18-11-13-24(19(2)15-18)35-31(38)27-20(3)33-29-23(30(37)34-22-9-7-6-8-10-22)17-32-36(29)28(27)21-12-14-25(39-4)26(16-21)40-5/h6-17,28,33H,1-5H3,(H,34,37)(H,35,38)/t28-/m0/s1. The number of benzene rings is 3. The molecule has 0 spiro atoms. The van der Waals surface area contributed by atoms with E-state index in [1.807, 2.05) is 81.4 Å². The fraction of sp³-hybridized carbons (Fsp3) is 0.194. The number of nitrogens with one attached hydrogen (secondary N) is 3. The van der Waals surface area contributed by atoms with Gasteiger partial charge in [-0.05, 0) is 62.2 Å². The molecule has 4 aromatic rings. The Balaban J connectivity index is 1.59. The summed E-state index contributed by atoms with van der Waals surface area (Å²) in [5, 5.41) is 13.8. The van der Waals surface area contributed by atoms with E-state index < -0.39 is 6.04 Å². The summed E-state index contributed by atoms with van der Waals surface area (Å²) in [4.78, 5) is 27.1. The Labute approximate surface area is 232 Å². The van der Waals surface area contributed by atoms with Crippen LogP contribution in [0.5, 0.6) is 11.5 Å². The molecule has 0 unspecified atom stereocenters. The molecule has 204 valence electrons. The molecule has 9 heteroatoms. The molecule has 0 bridgehead atoms. The molecule has 0 radical (unpaired) electrons. The van der Waals surface area contributed by atoms with Crippen LogP contribution in [0.3, 0.4) is 0 Å². The number of aryl methyl sites for hydroxylation is 2. The lowest BCUT2D eigenvalue weighted by atomic mass is 9.94.